The van der Waals surface area contributed by atoms with Crippen LogP contribution in [0.25, 0.3) is 0 Å². The van der Waals surface area contributed by atoms with Crippen LogP contribution in [0.1, 0.15) is 31.2 Å². The number of carbonyl (C=O) groups excluding carboxylic acids is 1. The predicted octanol–water partition coefficient (Wildman–Crippen LogP) is 0.0592. The van der Waals surface area contributed by atoms with E-state index in [1.165, 1.54) is 12.4 Å². The summed E-state index contributed by atoms with van der Waals surface area (Å²) < 4.78 is 43.7. The topological polar surface area (TPSA) is 163 Å². The van der Waals surface area contributed by atoms with Gasteiger partial charge in [0.05, 0.1) is 64.8 Å². The van der Waals surface area contributed by atoms with Gasteiger partial charge in [0.15, 0.2) is 0 Å². The summed E-state index contributed by atoms with van der Waals surface area (Å²) in [6.07, 6.45) is 5.16. The zero-order valence-corrected chi connectivity index (χ0v) is 20.7. The van der Waals surface area contributed by atoms with Crippen molar-refractivity contribution < 1.29 is 42.1 Å². The van der Waals surface area contributed by atoms with E-state index in [0.717, 1.165) is 6.26 Å². The molecule has 0 saturated heterocycles. The number of sulfone groups is 1. The number of carbonyl (C=O) groups is 2. The average molecular weight is 516 g/mol. The fourth-order valence-electron chi connectivity index (χ4n) is 2.35. The van der Waals surface area contributed by atoms with Crippen LogP contribution in [0.4, 0.5) is 0 Å². The van der Waals surface area contributed by atoms with E-state index in [9.17, 15) is 18.0 Å². The van der Waals surface area contributed by atoms with Gasteiger partial charge in [-0.15, -0.1) is 0 Å². The van der Waals surface area contributed by atoms with E-state index in [-0.39, 0.29) is 24.1 Å². The highest BCUT2D eigenvalue weighted by atomic mass is 32.2. The number of nitrogens with one attached hydrogen (secondary N) is 1. The number of carboxylic acid groups (broad SMARTS) is 1. The van der Waals surface area contributed by atoms with Gasteiger partial charge in [-0.25, -0.2) is 18.4 Å². The maximum atomic E-state index is 11.8. The van der Waals surface area contributed by atoms with Crippen molar-refractivity contribution in [3.05, 3.63) is 18.0 Å². The Balaban J connectivity index is 1.90. The number of nitrogens with zero attached hydrogens (tertiary/aromatic N) is 2. The minimum Gasteiger partial charge on any atom is -0.481 e. The molecule has 1 rings (SSSR count). The molecule has 1 heterocycles. The molecule has 0 aromatic carbocycles. The smallest absolute Gasteiger partial charge is 0.305 e. The summed E-state index contributed by atoms with van der Waals surface area (Å²) >= 11 is 0. The summed E-state index contributed by atoms with van der Waals surface area (Å²) in [4.78, 5) is 29.6. The highest BCUT2D eigenvalue weighted by molar-refractivity contribution is 7.90. The number of ether oxygens (including phenoxy) is 4. The van der Waals surface area contributed by atoms with Gasteiger partial charge in [0.1, 0.15) is 0 Å². The minimum atomic E-state index is -3.43. The zero-order valence-electron chi connectivity index (χ0n) is 19.9. The molecular formula is C22H33N3O9S. The third-order valence-electron chi connectivity index (χ3n) is 4.04. The van der Waals surface area contributed by atoms with Gasteiger partial charge in [0, 0.05) is 38.0 Å². The molecule has 196 valence electrons. The molecule has 0 spiro atoms. The molecule has 0 aliphatic rings. The third-order valence-corrected chi connectivity index (χ3v) is 4.92. The van der Waals surface area contributed by atoms with Crippen LogP contribution in [0.3, 0.4) is 0 Å². The standard InChI is InChI=1S/C22H33N3O9S/c1-35(29,30)22-24-17-19(18-25-22)5-3-2-4-6-20(26)23-8-10-32-12-14-34-16-15-33-13-11-31-9-7-21(27)28/h17-18H,2,4,6-16H2,1H3,(H,23,26)(H,27,28). The Hall–Kier alpha value is -2.63. The Morgan fingerprint density at radius 1 is 0.914 bits per heavy atom. The first kappa shape index (κ1) is 30.4. The minimum absolute atomic E-state index is 0.0207. The first-order chi connectivity index (χ1) is 16.8. The Kier molecular flexibility index (Phi) is 16.2. The van der Waals surface area contributed by atoms with Crippen LogP contribution >= 0.6 is 0 Å². The van der Waals surface area contributed by atoms with Crippen molar-refractivity contribution >= 4 is 21.7 Å². The summed E-state index contributed by atoms with van der Waals surface area (Å²) in [5.41, 5.74) is 0.509. The highest BCUT2D eigenvalue weighted by Gasteiger charge is 2.09. The average Bonchev–Trinajstić information content (AvgIpc) is 2.81. The lowest BCUT2D eigenvalue weighted by atomic mass is 10.2. The van der Waals surface area contributed by atoms with Crippen LogP contribution in [-0.4, -0.2) is 101 Å². The molecule has 12 nitrogen and oxygen atoms in total. The van der Waals surface area contributed by atoms with E-state index in [1.807, 2.05) is 0 Å². The number of aromatic nitrogens is 2. The predicted molar refractivity (Wildman–Crippen MR) is 124 cm³/mol. The molecule has 0 unspecified atom stereocenters. The van der Waals surface area contributed by atoms with Crippen LogP contribution in [0.15, 0.2) is 17.6 Å². The van der Waals surface area contributed by atoms with Crippen molar-refractivity contribution in [2.24, 2.45) is 0 Å². The van der Waals surface area contributed by atoms with Crippen LogP contribution in [0, 0.1) is 11.8 Å². The normalized spacial score (nSPS) is 11.0. The van der Waals surface area contributed by atoms with E-state index in [1.54, 1.807) is 0 Å². The summed E-state index contributed by atoms with van der Waals surface area (Å²) in [6, 6.07) is 0. The van der Waals surface area contributed by atoms with E-state index >= 15 is 0 Å². The molecule has 0 saturated carbocycles. The molecule has 0 radical (unpaired) electrons. The Labute approximate surface area is 205 Å². The van der Waals surface area contributed by atoms with Crippen molar-refractivity contribution in [2.45, 2.75) is 30.8 Å². The van der Waals surface area contributed by atoms with Crippen molar-refractivity contribution in [1.29, 1.82) is 0 Å². The Morgan fingerprint density at radius 2 is 1.46 bits per heavy atom. The van der Waals surface area contributed by atoms with Gasteiger partial charge < -0.3 is 29.4 Å². The summed E-state index contributed by atoms with van der Waals surface area (Å²) in [6.45, 7) is 3.30. The number of amides is 1. The molecule has 2 N–H and O–H groups in total. The molecule has 0 atom stereocenters. The van der Waals surface area contributed by atoms with E-state index in [0.29, 0.717) is 77.6 Å². The number of hydrogen-bond acceptors (Lipinski definition) is 10. The molecule has 0 aliphatic carbocycles. The first-order valence-electron chi connectivity index (χ1n) is 11.1. The van der Waals surface area contributed by atoms with Gasteiger partial charge in [-0.3, -0.25) is 9.59 Å². The molecular weight excluding hydrogens is 482 g/mol. The lowest BCUT2D eigenvalue weighted by Crippen LogP contribution is -2.27. The molecule has 35 heavy (non-hydrogen) atoms. The third kappa shape index (κ3) is 17.5. The van der Waals surface area contributed by atoms with Crippen molar-refractivity contribution in [2.75, 3.05) is 65.7 Å². The quantitative estimate of drug-likeness (QED) is 0.145. The lowest BCUT2D eigenvalue weighted by Gasteiger charge is -2.08. The van der Waals surface area contributed by atoms with Crippen LogP contribution in [-0.2, 0) is 38.4 Å². The first-order valence-corrected chi connectivity index (χ1v) is 13.0. The number of rotatable bonds is 19. The maximum absolute atomic E-state index is 11.8. The molecule has 13 heteroatoms. The van der Waals surface area contributed by atoms with Gasteiger partial charge in [-0.05, 0) is 6.42 Å². The van der Waals surface area contributed by atoms with Crippen LogP contribution in [0.5, 0.6) is 0 Å². The summed E-state index contributed by atoms with van der Waals surface area (Å²) in [5.74, 6) is 4.76. The van der Waals surface area contributed by atoms with Crippen molar-refractivity contribution in [3.63, 3.8) is 0 Å². The van der Waals surface area contributed by atoms with Gasteiger partial charge in [-0.2, -0.15) is 0 Å². The molecule has 1 amide bonds. The maximum Gasteiger partial charge on any atom is 0.305 e. The zero-order chi connectivity index (χ0) is 25.8. The second-order valence-electron chi connectivity index (χ2n) is 7.12. The van der Waals surface area contributed by atoms with E-state index < -0.39 is 15.8 Å². The molecule has 0 fully saturated rings. The van der Waals surface area contributed by atoms with Crippen LogP contribution < -0.4 is 5.32 Å². The fourth-order valence-corrected chi connectivity index (χ4v) is 2.83. The fraction of sp³-hybridized carbons (Fsp3) is 0.636. The second kappa shape index (κ2) is 18.7. The monoisotopic (exact) mass is 515 g/mol. The van der Waals surface area contributed by atoms with Crippen LogP contribution in [0.2, 0.25) is 0 Å². The summed E-state index contributed by atoms with van der Waals surface area (Å²) in [5, 5.41) is 11.0. The molecule has 0 bridgehead atoms. The van der Waals surface area contributed by atoms with E-state index in [2.05, 4.69) is 27.1 Å². The molecule has 1 aromatic heterocycles. The summed E-state index contributed by atoms with van der Waals surface area (Å²) in [7, 11) is -3.43. The van der Waals surface area contributed by atoms with Gasteiger partial charge in [0.25, 0.3) is 0 Å². The largest absolute Gasteiger partial charge is 0.481 e. The number of aliphatic carboxylic acids is 1. The number of unbranched alkanes of at least 4 members (excludes halogenated alkanes) is 1. The Bertz CT molecular complexity index is 912. The SMILES string of the molecule is CS(=O)(=O)c1ncc(C#CCCCC(=O)NCCOCCOCCOCCOCCC(=O)O)cn1. The highest BCUT2D eigenvalue weighted by Crippen LogP contribution is 2.01. The van der Waals surface area contributed by atoms with Gasteiger partial charge in [0.2, 0.25) is 20.9 Å². The van der Waals surface area contributed by atoms with Crippen molar-refractivity contribution in [1.82, 2.24) is 15.3 Å². The molecule has 1 aromatic rings. The van der Waals surface area contributed by atoms with Gasteiger partial charge in [-0.1, -0.05) is 11.8 Å². The van der Waals surface area contributed by atoms with Crippen molar-refractivity contribution in [3.8, 4) is 11.8 Å². The number of hydrogen-bond donors (Lipinski definition) is 2. The van der Waals surface area contributed by atoms with E-state index in [4.69, 9.17) is 24.1 Å². The Morgan fingerprint density at radius 3 is 2.00 bits per heavy atom. The molecule has 0 aliphatic heterocycles. The van der Waals surface area contributed by atoms with Gasteiger partial charge >= 0.3 is 5.97 Å². The lowest BCUT2D eigenvalue weighted by molar-refractivity contribution is -0.138. The number of carboxylic acids is 1. The second-order valence-corrected chi connectivity index (χ2v) is 9.03.